The van der Waals surface area contributed by atoms with Crippen molar-refractivity contribution >= 4 is 5.97 Å². The Hall–Kier alpha value is -3.99. The molecule has 6 rings (SSSR count). The monoisotopic (exact) mass is 595 g/mol. The number of carboxylic acids is 1. The van der Waals surface area contributed by atoms with Crippen LogP contribution in [0.15, 0.2) is 57.6 Å². The lowest BCUT2D eigenvalue weighted by atomic mass is 9.70. The third-order valence-electron chi connectivity index (χ3n) is 8.51. The van der Waals surface area contributed by atoms with Crippen molar-refractivity contribution in [3.63, 3.8) is 0 Å². The number of aromatic carboxylic acids is 1. The van der Waals surface area contributed by atoms with Crippen molar-refractivity contribution in [2.45, 2.75) is 81.9 Å². The first-order chi connectivity index (χ1) is 20.7. The second-order valence-corrected chi connectivity index (χ2v) is 11.5. The largest absolute Gasteiger partial charge is 0.478 e. The lowest BCUT2D eigenvalue weighted by Gasteiger charge is -2.34. The van der Waals surface area contributed by atoms with E-state index in [-0.39, 0.29) is 40.7 Å². The Morgan fingerprint density at radius 3 is 2.56 bits per heavy atom. The highest BCUT2D eigenvalue weighted by Crippen LogP contribution is 2.46. The number of hydrogen-bond acceptors (Lipinski definition) is 7. The van der Waals surface area contributed by atoms with Crippen molar-refractivity contribution < 1.29 is 36.9 Å². The number of rotatable bonds is 11. The predicted octanol–water partition coefficient (Wildman–Crippen LogP) is 8.18. The summed E-state index contributed by atoms with van der Waals surface area (Å²) in [4.78, 5) is 16.1. The second kappa shape index (κ2) is 11.9. The molecule has 2 saturated carbocycles. The van der Waals surface area contributed by atoms with Gasteiger partial charge >= 0.3 is 12.1 Å². The Morgan fingerprint density at radius 2 is 1.81 bits per heavy atom. The average Bonchev–Trinajstić information content (AvgIpc) is 3.56. The van der Waals surface area contributed by atoms with Crippen molar-refractivity contribution in [1.29, 1.82) is 0 Å². The van der Waals surface area contributed by atoms with Gasteiger partial charge in [0.15, 0.2) is 5.82 Å². The van der Waals surface area contributed by atoms with Gasteiger partial charge in [-0.15, -0.1) is 0 Å². The molecule has 0 spiro atoms. The van der Waals surface area contributed by atoms with E-state index in [1.54, 1.807) is 18.2 Å². The molecule has 0 radical (unpaired) electrons. The molecule has 11 heteroatoms. The second-order valence-electron chi connectivity index (χ2n) is 11.5. The fraction of sp³-hybridized carbons (Fsp3) is 0.438. The molecule has 2 aliphatic carbocycles. The zero-order valence-corrected chi connectivity index (χ0v) is 23.5. The molecule has 0 unspecified atom stereocenters. The number of benzene rings is 2. The average molecular weight is 596 g/mol. The van der Waals surface area contributed by atoms with Crippen LogP contribution in [0.4, 0.5) is 13.2 Å². The van der Waals surface area contributed by atoms with Gasteiger partial charge in [0.25, 0.3) is 5.89 Å². The lowest BCUT2D eigenvalue weighted by Crippen LogP contribution is -2.31. The fourth-order valence-corrected chi connectivity index (χ4v) is 6.12. The van der Waals surface area contributed by atoms with Gasteiger partial charge in [-0.2, -0.15) is 18.2 Å². The highest BCUT2D eigenvalue weighted by Gasteiger charge is 2.39. The molecule has 2 aliphatic rings. The van der Waals surface area contributed by atoms with Crippen LogP contribution in [0.25, 0.3) is 22.7 Å². The zero-order chi connectivity index (χ0) is 30.0. The van der Waals surface area contributed by atoms with E-state index in [2.05, 4.69) is 10.3 Å². The summed E-state index contributed by atoms with van der Waals surface area (Å²) in [6.45, 7) is 0.499. The van der Waals surface area contributed by atoms with Gasteiger partial charge in [0.2, 0.25) is 0 Å². The minimum atomic E-state index is -4.52. The van der Waals surface area contributed by atoms with Crippen molar-refractivity contribution in [1.82, 2.24) is 15.3 Å². The van der Waals surface area contributed by atoms with E-state index >= 15 is 0 Å². The highest BCUT2D eigenvalue weighted by molar-refractivity contribution is 5.88. The Balaban J connectivity index is 1.15. The Morgan fingerprint density at radius 1 is 1.02 bits per heavy atom. The Bertz CT molecular complexity index is 1580. The van der Waals surface area contributed by atoms with Gasteiger partial charge in [-0.25, -0.2) is 4.79 Å². The number of halogens is 3. The van der Waals surface area contributed by atoms with Crippen LogP contribution >= 0.6 is 0 Å². The summed E-state index contributed by atoms with van der Waals surface area (Å²) in [5, 5.41) is 17.7. The molecule has 8 nitrogen and oxygen atoms in total. The molecular weight excluding hydrogens is 563 g/mol. The number of alkyl halides is 3. The zero-order valence-electron chi connectivity index (χ0n) is 23.5. The molecule has 2 fully saturated rings. The first kappa shape index (κ1) is 29.1. The molecule has 2 aromatic heterocycles. The third-order valence-corrected chi connectivity index (χ3v) is 8.51. The van der Waals surface area contributed by atoms with Gasteiger partial charge in [-0.05, 0) is 62.8 Å². The number of carboxylic acid groups (broad SMARTS) is 1. The Labute approximate surface area is 246 Å². The molecule has 43 heavy (non-hydrogen) atoms. The maximum Gasteiger partial charge on any atom is 0.417 e. The third kappa shape index (κ3) is 6.22. The number of ether oxygens (including phenoxy) is 1. The van der Waals surface area contributed by atoms with E-state index in [4.69, 9.17) is 18.8 Å². The number of nitrogens with zero attached hydrogens (tertiary/aromatic N) is 3. The normalized spacial score (nSPS) is 16.8. The first-order valence-electron chi connectivity index (χ1n) is 14.7. The standard InChI is InChI=1S/C32H32F3N3O5/c33-32(34,35)25-11-3-2-10-23(25)26-24(27(42-37-26)20-12-13-20)19-41-17-7-16-31(14-4-1-5-15-31)30-36-28(43-38-30)21-8-6-9-22(18-21)29(39)40/h2-3,6,8-11,18,20H,1,4-5,7,12-17,19H2,(H,39,40). The molecule has 0 atom stereocenters. The van der Waals surface area contributed by atoms with E-state index in [1.807, 2.05) is 0 Å². The molecule has 0 saturated heterocycles. The van der Waals surface area contributed by atoms with Gasteiger partial charge in [-0.1, -0.05) is 53.8 Å². The van der Waals surface area contributed by atoms with Gasteiger partial charge in [-0.3, -0.25) is 0 Å². The van der Waals surface area contributed by atoms with Crippen LogP contribution in [0.3, 0.4) is 0 Å². The number of carbonyl (C=O) groups is 1. The topological polar surface area (TPSA) is 111 Å². The van der Waals surface area contributed by atoms with E-state index in [9.17, 15) is 23.1 Å². The Kier molecular flexibility index (Phi) is 8.09. The summed E-state index contributed by atoms with van der Waals surface area (Å²) in [6, 6.07) is 11.8. The maximum atomic E-state index is 13.8. The molecule has 0 amide bonds. The van der Waals surface area contributed by atoms with Gasteiger partial charge in [0, 0.05) is 34.6 Å². The minimum absolute atomic E-state index is 0.00721. The molecule has 226 valence electrons. The van der Waals surface area contributed by atoms with Gasteiger partial charge in [0.05, 0.1) is 17.7 Å². The van der Waals surface area contributed by atoms with Crippen LogP contribution in [0, 0.1) is 0 Å². The molecule has 2 heterocycles. The smallest absolute Gasteiger partial charge is 0.417 e. The molecule has 4 aromatic rings. The van der Waals surface area contributed by atoms with E-state index in [1.165, 1.54) is 24.3 Å². The van der Waals surface area contributed by atoms with Crippen LogP contribution in [0.5, 0.6) is 0 Å². The summed E-state index contributed by atoms with van der Waals surface area (Å²) in [7, 11) is 0. The molecule has 0 bridgehead atoms. The summed E-state index contributed by atoms with van der Waals surface area (Å²) in [5.41, 5.74) is 0.414. The predicted molar refractivity (Wildman–Crippen MR) is 149 cm³/mol. The van der Waals surface area contributed by atoms with Crippen LogP contribution in [0.1, 0.15) is 96.8 Å². The number of aromatic nitrogens is 3. The molecular formula is C32H32F3N3O5. The van der Waals surface area contributed by atoms with Crippen molar-refractivity contribution in [3.05, 3.63) is 76.8 Å². The van der Waals surface area contributed by atoms with Crippen LogP contribution in [0.2, 0.25) is 0 Å². The molecule has 1 N–H and O–H groups in total. The van der Waals surface area contributed by atoms with Crippen LogP contribution in [-0.4, -0.2) is 33.0 Å². The van der Waals surface area contributed by atoms with Crippen molar-refractivity contribution in [2.75, 3.05) is 6.61 Å². The van der Waals surface area contributed by atoms with Crippen LogP contribution in [-0.2, 0) is 22.9 Å². The summed E-state index contributed by atoms with van der Waals surface area (Å²) >= 11 is 0. The highest BCUT2D eigenvalue weighted by atomic mass is 19.4. The van der Waals surface area contributed by atoms with E-state index < -0.39 is 17.7 Å². The van der Waals surface area contributed by atoms with E-state index in [0.29, 0.717) is 35.7 Å². The summed E-state index contributed by atoms with van der Waals surface area (Å²) in [6.07, 6.45) is 3.75. The van der Waals surface area contributed by atoms with Gasteiger partial charge < -0.3 is 18.9 Å². The molecule has 0 aliphatic heterocycles. The fourth-order valence-electron chi connectivity index (χ4n) is 6.12. The minimum Gasteiger partial charge on any atom is -0.478 e. The van der Waals surface area contributed by atoms with E-state index in [0.717, 1.165) is 57.4 Å². The lowest BCUT2D eigenvalue weighted by molar-refractivity contribution is -0.137. The van der Waals surface area contributed by atoms with Gasteiger partial charge in [0.1, 0.15) is 11.5 Å². The summed E-state index contributed by atoms with van der Waals surface area (Å²) in [5.74, 6) is 0.640. The van der Waals surface area contributed by atoms with Crippen molar-refractivity contribution in [2.24, 2.45) is 0 Å². The quantitative estimate of drug-likeness (QED) is 0.173. The first-order valence-corrected chi connectivity index (χ1v) is 14.7. The van der Waals surface area contributed by atoms with Crippen molar-refractivity contribution in [3.8, 4) is 22.7 Å². The SMILES string of the molecule is O=C(O)c1cccc(-c2nc(C3(CCCOCc4c(-c5ccccc5C(F)(F)F)noc4C4CC4)CCCCC3)no2)c1. The number of hydrogen-bond donors (Lipinski definition) is 1. The summed E-state index contributed by atoms with van der Waals surface area (Å²) < 4.78 is 58.5. The van der Waals surface area contributed by atoms with Crippen LogP contribution < -0.4 is 0 Å². The molecule has 2 aromatic carbocycles. The maximum absolute atomic E-state index is 13.8.